The molecule has 0 spiro atoms. The zero-order valence-corrected chi connectivity index (χ0v) is 15.1. The maximum Gasteiger partial charge on any atom is 0.230 e. The summed E-state index contributed by atoms with van der Waals surface area (Å²) in [6, 6.07) is 5.92. The number of hydrogen-bond acceptors (Lipinski definition) is 5. The van der Waals surface area contributed by atoms with E-state index in [1.54, 1.807) is 0 Å². The van der Waals surface area contributed by atoms with Crippen LogP contribution in [0.5, 0.6) is 0 Å². The maximum atomic E-state index is 12.7. The van der Waals surface area contributed by atoms with Crippen LogP contribution in [0.15, 0.2) is 35.1 Å². The second-order valence-electron chi connectivity index (χ2n) is 7.54. The van der Waals surface area contributed by atoms with E-state index < -0.39 is 0 Å². The number of likely N-dealkylation sites (tertiary alicyclic amines) is 1. The lowest BCUT2D eigenvalue weighted by atomic mass is 9.90. The van der Waals surface area contributed by atoms with Gasteiger partial charge in [0.1, 0.15) is 5.76 Å². The molecule has 1 amide bonds. The Morgan fingerprint density at radius 1 is 1.27 bits per heavy atom. The van der Waals surface area contributed by atoms with Crippen LogP contribution in [0.4, 0.5) is 0 Å². The van der Waals surface area contributed by atoms with Crippen molar-refractivity contribution in [2.45, 2.75) is 32.1 Å². The number of amides is 1. The van der Waals surface area contributed by atoms with Gasteiger partial charge in [0.25, 0.3) is 0 Å². The number of pyridine rings is 1. The normalized spacial score (nSPS) is 22.7. The van der Waals surface area contributed by atoms with Crippen LogP contribution in [-0.2, 0) is 16.0 Å². The molecule has 0 radical (unpaired) electrons. The fraction of sp³-hybridized carbons (Fsp3) is 0.550. The highest BCUT2D eigenvalue weighted by Gasteiger charge is 2.36. The van der Waals surface area contributed by atoms with Gasteiger partial charge in [-0.1, -0.05) is 5.16 Å². The van der Waals surface area contributed by atoms with E-state index in [-0.39, 0.29) is 18.2 Å². The molecule has 0 unspecified atom stereocenters. The zero-order chi connectivity index (χ0) is 17.9. The van der Waals surface area contributed by atoms with Gasteiger partial charge in [-0.05, 0) is 43.4 Å². The van der Waals surface area contributed by atoms with Crippen LogP contribution in [0.1, 0.15) is 35.8 Å². The Morgan fingerprint density at radius 3 is 2.77 bits per heavy atom. The van der Waals surface area contributed by atoms with Crippen LogP contribution in [0.25, 0.3) is 0 Å². The molecule has 2 aromatic heterocycles. The van der Waals surface area contributed by atoms with Crippen LogP contribution in [0.3, 0.4) is 0 Å². The van der Waals surface area contributed by atoms with Gasteiger partial charge in [0.05, 0.1) is 18.7 Å². The number of ether oxygens (including phenoxy) is 1. The molecule has 2 aliphatic rings. The largest absolute Gasteiger partial charge is 0.381 e. The minimum Gasteiger partial charge on any atom is -0.381 e. The van der Waals surface area contributed by atoms with Gasteiger partial charge < -0.3 is 14.2 Å². The first-order chi connectivity index (χ1) is 12.7. The lowest BCUT2D eigenvalue weighted by molar-refractivity contribution is -0.130. The maximum absolute atomic E-state index is 12.7. The van der Waals surface area contributed by atoms with E-state index in [1.807, 2.05) is 42.4 Å². The summed E-state index contributed by atoms with van der Waals surface area (Å²) in [7, 11) is 0. The monoisotopic (exact) mass is 355 g/mol. The summed E-state index contributed by atoms with van der Waals surface area (Å²) in [4.78, 5) is 18.8. The molecule has 6 heteroatoms. The van der Waals surface area contributed by atoms with Gasteiger partial charge in [0.15, 0.2) is 0 Å². The van der Waals surface area contributed by atoms with Crippen LogP contribution in [0.2, 0.25) is 0 Å². The van der Waals surface area contributed by atoms with Crippen LogP contribution in [0, 0.1) is 18.8 Å². The Kier molecular flexibility index (Phi) is 5.02. The molecule has 26 heavy (non-hydrogen) atoms. The summed E-state index contributed by atoms with van der Waals surface area (Å²) in [5.41, 5.74) is 2.03. The smallest absolute Gasteiger partial charge is 0.230 e. The number of hydrogen-bond donors (Lipinski definition) is 0. The van der Waals surface area contributed by atoms with E-state index in [1.165, 1.54) is 18.4 Å². The van der Waals surface area contributed by atoms with Gasteiger partial charge in [0.2, 0.25) is 5.91 Å². The molecule has 0 aromatic carbocycles. The standard InChI is InChI=1S/C20H25N3O3/c1-14-8-18(26-22-14)9-20(24)23-10-17(13-25-12-15-2-3-15)19(11-23)16-4-6-21-7-5-16/h4-8,15,17,19H,2-3,9-13H2,1H3/t17-,19-/m0/s1. The Bertz CT molecular complexity index is 742. The molecule has 1 saturated carbocycles. The predicted molar refractivity (Wildman–Crippen MR) is 95.5 cm³/mol. The summed E-state index contributed by atoms with van der Waals surface area (Å²) in [5.74, 6) is 2.07. The van der Waals surface area contributed by atoms with Crippen LogP contribution >= 0.6 is 0 Å². The quantitative estimate of drug-likeness (QED) is 0.764. The molecular weight excluding hydrogens is 330 g/mol. The summed E-state index contributed by atoms with van der Waals surface area (Å²) < 4.78 is 11.2. The molecule has 0 bridgehead atoms. The Morgan fingerprint density at radius 2 is 2.08 bits per heavy atom. The average molecular weight is 355 g/mol. The molecule has 3 heterocycles. The van der Waals surface area contributed by atoms with Crippen molar-refractivity contribution in [3.8, 4) is 0 Å². The van der Waals surface area contributed by atoms with E-state index in [4.69, 9.17) is 9.26 Å². The summed E-state index contributed by atoms with van der Waals surface area (Å²) in [6.07, 6.45) is 6.48. The van der Waals surface area contributed by atoms with Crippen LogP contribution < -0.4 is 0 Å². The predicted octanol–water partition coefficient (Wildman–Crippen LogP) is 2.59. The second-order valence-corrected chi connectivity index (χ2v) is 7.54. The minimum absolute atomic E-state index is 0.0879. The lowest BCUT2D eigenvalue weighted by Crippen LogP contribution is -2.30. The van der Waals surface area contributed by atoms with Crippen LogP contribution in [-0.4, -0.2) is 47.3 Å². The van der Waals surface area contributed by atoms with Crippen molar-refractivity contribution in [1.82, 2.24) is 15.0 Å². The number of aromatic nitrogens is 2. The van der Waals surface area contributed by atoms with Crippen molar-refractivity contribution in [2.24, 2.45) is 11.8 Å². The third-order valence-electron chi connectivity index (χ3n) is 5.31. The summed E-state index contributed by atoms with van der Waals surface area (Å²) >= 11 is 0. The van der Waals surface area contributed by atoms with Crippen molar-refractivity contribution in [3.05, 3.63) is 47.6 Å². The molecule has 2 fully saturated rings. The molecule has 138 valence electrons. The third-order valence-corrected chi connectivity index (χ3v) is 5.31. The molecule has 2 atom stereocenters. The first kappa shape index (κ1) is 17.2. The van der Waals surface area contributed by atoms with Crippen molar-refractivity contribution < 1.29 is 14.1 Å². The molecule has 2 aromatic rings. The van der Waals surface area contributed by atoms with Crippen molar-refractivity contribution >= 4 is 5.91 Å². The van der Waals surface area contributed by atoms with E-state index in [0.717, 1.165) is 24.8 Å². The first-order valence-corrected chi connectivity index (χ1v) is 9.36. The fourth-order valence-electron chi connectivity index (χ4n) is 3.66. The van der Waals surface area contributed by atoms with Gasteiger partial charge in [-0.2, -0.15) is 0 Å². The van der Waals surface area contributed by atoms with Gasteiger partial charge in [-0.25, -0.2) is 0 Å². The second kappa shape index (κ2) is 7.58. The van der Waals surface area contributed by atoms with E-state index in [9.17, 15) is 4.79 Å². The minimum atomic E-state index is 0.0879. The molecule has 1 saturated heterocycles. The number of nitrogens with zero attached hydrogens (tertiary/aromatic N) is 3. The van der Waals surface area contributed by atoms with Gasteiger partial charge >= 0.3 is 0 Å². The summed E-state index contributed by atoms with van der Waals surface area (Å²) in [6.45, 7) is 4.86. The summed E-state index contributed by atoms with van der Waals surface area (Å²) in [5, 5.41) is 3.86. The topological polar surface area (TPSA) is 68.5 Å². The highest BCUT2D eigenvalue weighted by molar-refractivity contribution is 5.78. The highest BCUT2D eigenvalue weighted by atomic mass is 16.5. The Hall–Kier alpha value is -2.21. The molecule has 6 nitrogen and oxygen atoms in total. The van der Waals surface area contributed by atoms with Crippen molar-refractivity contribution in [2.75, 3.05) is 26.3 Å². The molecular formula is C20H25N3O3. The molecule has 0 N–H and O–H groups in total. The van der Waals surface area contributed by atoms with Gasteiger partial charge in [-0.15, -0.1) is 0 Å². The number of carbonyl (C=O) groups excluding carboxylic acids is 1. The lowest BCUT2D eigenvalue weighted by Gasteiger charge is -2.18. The number of aryl methyl sites for hydroxylation is 1. The zero-order valence-electron chi connectivity index (χ0n) is 15.1. The SMILES string of the molecule is Cc1cc(CC(=O)N2C[C@@H](COCC3CC3)[C@H](c3ccncc3)C2)on1. The number of rotatable bonds is 7. The van der Waals surface area contributed by atoms with Crippen molar-refractivity contribution in [1.29, 1.82) is 0 Å². The molecule has 1 aliphatic carbocycles. The molecule has 4 rings (SSSR count). The average Bonchev–Trinajstić information content (AvgIpc) is 3.22. The van der Waals surface area contributed by atoms with E-state index in [0.29, 0.717) is 24.8 Å². The highest BCUT2D eigenvalue weighted by Crippen LogP contribution is 2.34. The van der Waals surface area contributed by atoms with E-state index in [2.05, 4.69) is 10.1 Å². The van der Waals surface area contributed by atoms with Crippen molar-refractivity contribution in [3.63, 3.8) is 0 Å². The Labute approximate surface area is 153 Å². The molecule has 1 aliphatic heterocycles. The fourth-order valence-corrected chi connectivity index (χ4v) is 3.66. The van der Waals surface area contributed by atoms with Gasteiger partial charge in [-0.3, -0.25) is 9.78 Å². The number of carbonyl (C=O) groups is 1. The first-order valence-electron chi connectivity index (χ1n) is 9.36. The third kappa shape index (κ3) is 4.12. The van der Waals surface area contributed by atoms with E-state index >= 15 is 0 Å². The Balaban J connectivity index is 1.42. The van der Waals surface area contributed by atoms with Gasteiger partial charge in [0, 0.05) is 50.0 Å².